The molecule has 2 aliphatic rings. The minimum atomic E-state index is -4.71. The molecule has 182 valence electrons. The summed E-state index contributed by atoms with van der Waals surface area (Å²) in [6.07, 6.45) is -2.23. The highest BCUT2D eigenvalue weighted by atomic mass is 19.4. The molecule has 0 bridgehead atoms. The zero-order chi connectivity index (χ0) is 24.7. The van der Waals surface area contributed by atoms with E-state index in [0.717, 1.165) is 42.2 Å². The second-order valence-corrected chi connectivity index (χ2v) is 8.75. The van der Waals surface area contributed by atoms with Crippen LogP contribution in [0.3, 0.4) is 0 Å². The molecule has 1 aromatic heterocycles. The van der Waals surface area contributed by atoms with Gasteiger partial charge in [-0.3, -0.25) is 9.59 Å². The van der Waals surface area contributed by atoms with Gasteiger partial charge in [0.25, 0.3) is 11.8 Å². The highest BCUT2D eigenvalue weighted by molar-refractivity contribution is 6.07. The number of aromatic nitrogens is 2. The number of rotatable bonds is 4. The average Bonchev–Trinajstić information content (AvgIpc) is 3.62. The van der Waals surface area contributed by atoms with Crippen molar-refractivity contribution >= 4 is 17.5 Å². The van der Waals surface area contributed by atoms with E-state index in [1.807, 2.05) is 4.90 Å². The molecule has 1 saturated heterocycles. The summed E-state index contributed by atoms with van der Waals surface area (Å²) in [4.78, 5) is 29.5. The number of carbonyl (C=O) groups excluding carboxylic acids is 2. The molecule has 2 aliphatic heterocycles. The van der Waals surface area contributed by atoms with E-state index in [2.05, 4.69) is 5.10 Å². The van der Waals surface area contributed by atoms with Gasteiger partial charge < -0.3 is 15.5 Å². The van der Waals surface area contributed by atoms with Gasteiger partial charge in [-0.2, -0.15) is 18.3 Å². The first-order valence-corrected chi connectivity index (χ1v) is 11.5. The van der Waals surface area contributed by atoms with E-state index in [-0.39, 0.29) is 18.1 Å². The lowest BCUT2D eigenvalue weighted by Gasteiger charge is -2.19. The first-order chi connectivity index (χ1) is 16.8. The second kappa shape index (κ2) is 8.84. The topological polar surface area (TPSA) is 84.5 Å². The number of anilines is 1. The predicted octanol–water partition coefficient (Wildman–Crippen LogP) is 3.79. The van der Waals surface area contributed by atoms with E-state index < -0.39 is 17.8 Å². The lowest BCUT2D eigenvalue weighted by Crippen LogP contribution is -2.31. The molecule has 0 atom stereocenters. The van der Waals surface area contributed by atoms with Gasteiger partial charge in [-0.15, -0.1) is 0 Å². The van der Waals surface area contributed by atoms with Gasteiger partial charge in [-0.05, 0) is 60.7 Å². The molecule has 3 heterocycles. The zero-order valence-electron chi connectivity index (χ0n) is 18.9. The molecule has 0 radical (unpaired) electrons. The third-order valence-electron chi connectivity index (χ3n) is 6.47. The SMILES string of the molecule is NCc1cccc(-n2nc(C(F)(F)F)cc2C(=O)N2CCc3cc(C(=O)N4CCCC4)ccc32)c1. The Hall–Kier alpha value is -3.66. The Morgan fingerprint density at radius 2 is 1.74 bits per heavy atom. The lowest BCUT2D eigenvalue weighted by molar-refractivity contribution is -0.141. The minimum absolute atomic E-state index is 0.0391. The van der Waals surface area contributed by atoms with Crippen molar-refractivity contribution in [3.63, 3.8) is 0 Å². The van der Waals surface area contributed by atoms with Crippen LogP contribution in [0, 0.1) is 0 Å². The van der Waals surface area contributed by atoms with Crippen LogP contribution >= 0.6 is 0 Å². The normalized spacial score (nSPS) is 15.5. The summed E-state index contributed by atoms with van der Waals surface area (Å²) in [5.41, 5.74) is 7.32. The van der Waals surface area contributed by atoms with Crippen molar-refractivity contribution in [2.24, 2.45) is 5.73 Å². The molecule has 35 heavy (non-hydrogen) atoms. The number of benzene rings is 2. The largest absolute Gasteiger partial charge is 0.435 e. The third kappa shape index (κ3) is 4.29. The molecule has 2 aromatic carbocycles. The monoisotopic (exact) mass is 483 g/mol. The van der Waals surface area contributed by atoms with Gasteiger partial charge >= 0.3 is 6.18 Å². The Morgan fingerprint density at radius 3 is 2.46 bits per heavy atom. The summed E-state index contributed by atoms with van der Waals surface area (Å²) < 4.78 is 41.6. The number of alkyl halides is 3. The number of nitrogens with two attached hydrogens (primary N) is 1. The number of hydrogen-bond donors (Lipinski definition) is 1. The first kappa shape index (κ1) is 23.1. The number of amides is 2. The molecule has 1 fully saturated rings. The lowest BCUT2D eigenvalue weighted by atomic mass is 10.1. The van der Waals surface area contributed by atoms with Crippen molar-refractivity contribution < 1.29 is 22.8 Å². The van der Waals surface area contributed by atoms with Crippen LogP contribution in [-0.4, -0.2) is 46.1 Å². The predicted molar refractivity (Wildman–Crippen MR) is 123 cm³/mol. The van der Waals surface area contributed by atoms with Crippen molar-refractivity contribution in [3.05, 3.63) is 76.6 Å². The van der Waals surface area contributed by atoms with Crippen LogP contribution in [0.5, 0.6) is 0 Å². The summed E-state index contributed by atoms with van der Waals surface area (Å²) in [5, 5.41) is 3.71. The smallest absolute Gasteiger partial charge is 0.339 e. The van der Waals surface area contributed by atoms with E-state index in [1.165, 1.54) is 4.90 Å². The summed E-state index contributed by atoms with van der Waals surface area (Å²) in [7, 11) is 0. The molecule has 0 spiro atoms. The highest BCUT2D eigenvalue weighted by Gasteiger charge is 2.38. The van der Waals surface area contributed by atoms with Gasteiger partial charge in [0.05, 0.1) is 5.69 Å². The van der Waals surface area contributed by atoms with E-state index in [4.69, 9.17) is 5.73 Å². The number of carbonyl (C=O) groups is 2. The van der Waals surface area contributed by atoms with Crippen LogP contribution in [-0.2, 0) is 19.1 Å². The summed E-state index contributed by atoms with van der Waals surface area (Å²) in [5.74, 6) is -0.633. The van der Waals surface area contributed by atoms with E-state index in [1.54, 1.807) is 42.5 Å². The summed E-state index contributed by atoms with van der Waals surface area (Å²) in [6.45, 7) is 1.96. The van der Waals surface area contributed by atoms with Crippen LogP contribution in [0.2, 0.25) is 0 Å². The minimum Gasteiger partial charge on any atom is -0.339 e. The molecular formula is C25H24F3N5O2. The molecule has 0 saturated carbocycles. The molecule has 10 heteroatoms. The van der Waals surface area contributed by atoms with Crippen molar-refractivity contribution in [2.45, 2.75) is 32.0 Å². The van der Waals surface area contributed by atoms with Crippen molar-refractivity contribution in [1.82, 2.24) is 14.7 Å². The molecule has 2 N–H and O–H groups in total. The number of halogens is 3. The zero-order valence-corrected chi connectivity index (χ0v) is 18.9. The fraction of sp³-hybridized carbons (Fsp3) is 0.320. The molecule has 0 aliphatic carbocycles. The van der Waals surface area contributed by atoms with Crippen LogP contribution in [0.25, 0.3) is 5.69 Å². The number of likely N-dealkylation sites (tertiary alicyclic amines) is 1. The van der Waals surface area contributed by atoms with Crippen LogP contribution in [0.4, 0.5) is 18.9 Å². The Morgan fingerprint density at radius 1 is 0.971 bits per heavy atom. The Bertz CT molecular complexity index is 1290. The van der Waals surface area contributed by atoms with Crippen molar-refractivity contribution in [3.8, 4) is 5.69 Å². The van der Waals surface area contributed by atoms with Gasteiger partial charge in [-0.25, -0.2) is 4.68 Å². The Kier molecular flexibility index (Phi) is 5.84. The van der Waals surface area contributed by atoms with Crippen LogP contribution in [0.1, 0.15) is 50.5 Å². The van der Waals surface area contributed by atoms with E-state index in [9.17, 15) is 22.8 Å². The third-order valence-corrected chi connectivity index (χ3v) is 6.47. The molecule has 5 rings (SSSR count). The molecule has 7 nitrogen and oxygen atoms in total. The fourth-order valence-electron chi connectivity index (χ4n) is 4.67. The maximum absolute atomic E-state index is 13.5. The van der Waals surface area contributed by atoms with Gasteiger partial charge in [0.1, 0.15) is 5.69 Å². The number of fused-ring (bicyclic) bond motifs is 1. The maximum atomic E-state index is 13.5. The van der Waals surface area contributed by atoms with Crippen molar-refractivity contribution in [1.29, 1.82) is 0 Å². The maximum Gasteiger partial charge on any atom is 0.435 e. The quantitative estimate of drug-likeness (QED) is 0.612. The molecular weight excluding hydrogens is 459 g/mol. The van der Waals surface area contributed by atoms with Gasteiger partial charge in [0.15, 0.2) is 5.69 Å². The second-order valence-electron chi connectivity index (χ2n) is 8.75. The summed E-state index contributed by atoms with van der Waals surface area (Å²) in [6, 6.07) is 12.5. The Labute approximate surface area is 199 Å². The van der Waals surface area contributed by atoms with E-state index in [0.29, 0.717) is 35.5 Å². The number of hydrogen-bond acceptors (Lipinski definition) is 4. The van der Waals surface area contributed by atoms with Crippen molar-refractivity contribution in [2.75, 3.05) is 24.5 Å². The van der Waals surface area contributed by atoms with Gasteiger partial charge in [0.2, 0.25) is 0 Å². The first-order valence-electron chi connectivity index (χ1n) is 11.5. The molecule has 0 unspecified atom stereocenters. The van der Waals surface area contributed by atoms with Crippen LogP contribution < -0.4 is 10.6 Å². The van der Waals surface area contributed by atoms with Crippen LogP contribution in [0.15, 0.2) is 48.5 Å². The van der Waals surface area contributed by atoms with Gasteiger partial charge in [-0.1, -0.05) is 12.1 Å². The standard InChI is InChI=1S/C25H24F3N5O2/c26-25(27,28)22-14-21(33(30-22)19-5-3-4-16(12-19)15-29)24(35)32-11-8-17-13-18(6-7-20(17)32)23(34)31-9-1-2-10-31/h3-7,12-14H,1-2,8-11,15,29H2. The van der Waals surface area contributed by atoms with E-state index >= 15 is 0 Å². The van der Waals surface area contributed by atoms with Gasteiger partial charge in [0, 0.05) is 43.5 Å². The number of nitrogens with zero attached hydrogens (tertiary/aromatic N) is 4. The average molecular weight is 483 g/mol. The molecule has 3 aromatic rings. The Balaban J connectivity index is 1.49. The fourth-order valence-corrected chi connectivity index (χ4v) is 4.67. The molecule has 2 amide bonds. The summed E-state index contributed by atoms with van der Waals surface area (Å²) >= 11 is 0. The highest BCUT2D eigenvalue weighted by Crippen LogP contribution is 2.34.